The molecule has 1 aromatic heterocycles. The van der Waals surface area contributed by atoms with E-state index in [4.69, 9.17) is 4.42 Å². The average molecular weight is 313 g/mol. The summed E-state index contributed by atoms with van der Waals surface area (Å²) in [5.41, 5.74) is 0.993. The number of benzene rings is 1. The molecule has 2 rings (SSSR count). The first kappa shape index (κ1) is 15.9. The lowest BCUT2D eigenvalue weighted by Gasteiger charge is -2.06. The van der Waals surface area contributed by atoms with Crippen molar-refractivity contribution < 1.29 is 17.9 Å². The maximum absolute atomic E-state index is 12.0. The molecule has 0 saturated carbocycles. The number of halogens is 2. The molecule has 0 radical (unpaired) electrons. The van der Waals surface area contributed by atoms with Gasteiger partial charge in [-0.1, -0.05) is 12.1 Å². The number of alkyl halides is 2. The molecule has 1 N–H and O–H groups in total. The Balaban J connectivity index is 1.77. The highest BCUT2D eigenvalue weighted by Crippen LogP contribution is 2.15. The lowest BCUT2D eigenvalue weighted by molar-refractivity contribution is -0.0498. The monoisotopic (exact) mass is 313 g/mol. The first-order chi connectivity index (χ1) is 10.2. The minimum atomic E-state index is -2.79. The molecule has 6 heteroatoms. The SMILES string of the molecule is CSCc1ccc(CNCc2ccc(OC(F)F)cc2)o1. The molecule has 0 aliphatic heterocycles. The predicted molar refractivity (Wildman–Crippen MR) is 79.5 cm³/mol. The second-order valence-electron chi connectivity index (χ2n) is 4.43. The molecule has 0 atom stereocenters. The number of thioether (sulfide) groups is 1. The van der Waals surface area contributed by atoms with Crippen molar-refractivity contribution in [3.8, 4) is 5.75 Å². The molecule has 0 bridgehead atoms. The third-order valence-corrected chi connectivity index (χ3v) is 3.35. The lowest BCUT2D eigenvalue weighted by Crippen LogP contribution is -2.12. The van der Waals surface area contributed by atoms with Crippen LogP contribution in [-0.4, -0.2) is 12.9 Å². The zero-order chi connectivity index (χ0) is 15.1. The van der Waals surface area contributed by atoms with Crippen LogP contribution in [0.5, 0.6) is 5.75 Å². The third-order valence-electron chi connectivity index (χ3n) is 2.78. The summed E-state index contributed by atoms with van der Waals surface area (Å²) in [6.07, 6.45) is 2.03. The maximum Gasteiger partial charge on any atom is 0.387 e. The van der Waals surface area contributed by atoms with E-state index in [0.29, 0.717) is 13.1 Å². The molecule has 0 aliphatic rings. The van der Waals surface area contributed by atoms with Crippen molar-refractivity contribution in [2.24, 2.45) is 0 Å². The van der Waals surface area contributed by atoms with Crippen molar-refractivity contribution in [3.63, 3.8) is 0 Å². The van der Waals surface area contributed by atoms with E-state index in [0.717, 1.165) is 22.8 Å². The standard InChI is InChI=1S/C15H17F2NO2S/c1-21-10-14-7-6-13(19-14)9-18-8-11-2-4-12(5-3-11)20-15(16)17/h2-7,15,18H,8-10H2,1H3. The van der Waals surface area contributed by atoms with Gasteiger partial charge in [0.05, 0.1) is 12.3 Å². The Bertz CT molecular complexity index is 543. The highest BCUT2D eigenvalue weighted by atomic mass is 32.2. The van der Waals surface area contributed by atoms with Crippen LogP contribution in [0.2, 0.25) is 0 Å². The van der Waals surface area contributed by atoms with E-state index >= 15 is 0 Å². The Hall–Kier alpha value is -1.53. The van der Waals surface area contributed by atoms with Gasteiger partial charge in [-0.25, -0.2) is 0 Å². The zero-order valence-corrected chi connectivity index (χ0v) is 12.5. The van der Waals surface area contributed by atoms with E-state index in [1.807, 2.05) is 18.4 Å². The van der Waals surface area contributed by atoms with Gasteiger partial charge in [-0.2, -0.15) is 20.5 Å². The summed E-state index contributed by atoms with van der Waals surface area (Å²) >= 11 is 1.71. The van der Waals surface area contributed by atoms with Crippen LogP contribution in [0.25, 0.3) is 0 Å². The molecule has 0 aliphatic carbocycles. The number of ether oxygens (including phenoxy) is 1. The average Bonchev–Trinajstić information content (AvgIpc) is 2.88. The minimum Gasteiger partial charge on any atom is -0.464 e. The predicted octanol–water partition coefficient (Wildman–Crippen LogP) is 4.03. The molecule has 0 saturated heterocycles. The van der Waals surface area contributed by atoms with E-state index in [2.05, 4.69) is 10.1 Å². The molecule has 3 nitrogen and oxygen atoms in total. The van der Waals surface area contributed by atoms with Crippen molar-refractivity contribution in [2.45, 2.75) is 25.5 Å². The van der Waals surface area contributed by atoms with Gasteiger partial charge in [0, 0.05) is 6.54 Å². The molecule has 21 heavy (non-hydrogen) atoms. The quantitative estimate of drug-likeness (QED) is 0.798. The van der Waals surface area contributed by atoms with Gasteiger partial charge in [0.25, 0.3) is 0 Å². The van der Waals surface area contributed by atoms with Crippen molar-refractivity contribution in [3.05, 3.63) is 53.5 Å². The minimum absolute atomic E-state index is 0.168. The molecular formula is C15H17F2NO2S. The second kappa shape index (κ2) is 8.05. The summed E-state index contributed by atoms with van der Waals surface area (Å²) in [6, 6.07) is 10.5. The Morgan fingerprint density at radius 3 is 2.48 bits per heavy atom. The van der Waals surface area contributed by atoms with E-state index < -0.39 is 6.61 Å². The highest BCUT2D eigenvalue weighted by molar-refractivity contribution is 7.97. The van der Waals surface area contributed by atoms with Crippen molar-refractivity contribution in [1.82, 2.24) is 5.32 Å². The highest BCUT2D eigenvalue weighted by Gasteiger charge is 2.04. The Morgan fingerprint density at radius 1 is 1.10 bits per heavy atom. The van der Waals surface area contributed by atoms with E-state index in [9.17, 15) is 8.78 Å². The van der Waals surface area contributed by atoms with Crippen molar-refractivity contribution in [1.29, 1.82) is 0 Å². The molecule has 0 unspecified atom stereocenters. The second-order valence-corrected chi connectivity index (χ2v) is 5.29. The number of rotatable bonds is 8. The van der Waals surface area contributed by atoms with Crippen LogP contribution in [0.3, 0.4) is 0 Å². The molecule has 0 fully saturated rings. The first-order valence-electron chi connectivity index (χ1n) is 6.48. The fourth-order valence-electron chi connectivity index (χ4n) is 1.86. The van der Waals surface area contributed by atoms with Crippen LogP contribution in [-0.2, 0) is 18.8 Å². The normalized spacial score (nSPS) is 11.0. The summed E-state index contributed by atoms with van der Waals surface area (Å²) in [5, 5.41) is 3.24. The Morgan fingerprint density at radius 2 is 1.81 bits per heavy atom. The van der Waals surface area contributed by atoms with E-state index in [1.54, 1.807) is 23.9 Å². The smallest absolute Gasteiger partial charge is 0.387 e. The van der Waals surface area contributed by atoms with Gasteiger partial charge in [-0.3, -0.25) is 0 Å². The maximum atomic E-state index is 12.0. The van der Waals surface area contributed by atoms with Crippen LogP contribution in [0.15, 0.2) is 40.8 Å². The summed E-state index contributed by atoms with van der Waals surface area (Å²) in [4.78, 5) is 0. The summed E-state index contributed by atoms with van der Waals surface area (Å²) in [6.45, 7) is -1.53. The molecule has 114 valence electrons. The van der Waals surface area contributed by atoms with Crippen molar-refractivity contribution >= 4 is 11.8 Å². The first-order valence-corrected chi connectivity index (χ1v) is 7.88. The number of hydrogen-bond donors (Lipinski definition) is 1. The van der Waals surface area contributed by atoms with Gasteiger partial charge in [-0.15, -0.1) is 0 Å². The van der Waals surface area contributed by atoms with Gasteiger partial charge in [-0.05, 0) is 36.1 Å². The van der Waals surface area contributed by atoms with Gasteiger partial charge < -0.3 is 14.5 Å². The topological polar surface area (TPSA) is 34.4 Å². The van der Waals surface area contributed by atoms with Crippen LogP contribution in [0, 0.1) is 0 Å². The fourth-order valence-corrected chi connectivity index (χ4v) is 2.30. The van der Waals surface area contributed by atoms with Crippen LogP contribution < -0.4 is 10.1 Å². The molecule has 0 amide bonds. The molecule has 0 spiro atoms. The largest absolute Gasteiger partial charge is 0.464 e. The zero-order valence-electron chi connectivity index (χ0n) is 11.6. The number of furan rings is 1. The van der Waals surface area contributed by atoms with Crippen molar-refractivity contribution in [2.75, 3.05) is 6.26 Å². The Kier molecular flexibility index (Phi) is 6.07. The van der Waals surface area contributed by atoms with Gasteiger partial charge in [0.15, 0.2) is 0 Å². The van der Waals surface area contributed by atoms with Gasteiger partial charge in [0.2, 0.25) is 0 Å². The van der Waals surface area contributed by atoms with Gasteiger partial charge >= 0.3 is 6.61 Å². The summed E-state index contributed by atoms with van der Waals surface area (Å²) < 4.78 is 34.0. The van der Waals surface area contributed by atoms with Crippen LogP contribution >= 0.6 is 11.8 Å². The summed E-state index contributed by atoms with van der Waals surface area (Å²) in [5.74, 6) is 2.89. The molecule has 1 aromatic carbocycles. The third kappa shape index (κ3) is 5.40. The fraction of sp³-hybridized carbons (Fsp3) is 0.333. The van der Waals surface area contributed by atoms with Crippen LogP contribution in [0.4, 0.5) is 8.78 Å². The number of hydrogen-bond acceptors (Lipinski definition) is 4. The summed E-state index contributed by atoms with van der Waals surface area (Å²) in [7, 11) is 0. The Labute approximate surface area is 126 Å². The van der Waals surface area contributed by atoms with Gasteiger partial charge in [0.1, 0.15) is 17.3 Å². The van der Waals surface area contributed by atoms with E-state index in [1.165, 1.54) is 12.1 Å². The lowest BCUT2D eigenvalue weighted by atomic mass is 10.2. The molecular weight excluding hydrogens is 296 g/mol. The van der Waals surface area contributed by atoms with E-state index in [-0.39, 0.29) is 5.75 Å². The molecule has 2 aromatic rings. The molecule has 1 heterocycles. The number of nitrogens with one attached hydrogen (secondary N) is 1. The van der Waals surface area contributed by atoms with Crippen LogP contribution in [0.1, 0.15) is 17.1 Å².